The van der Waals surface area contributed by atoms with E-state index >= 15 is 0 Å². The van der Waals surface area contributed by atoms with Gasteiger partial charge in [0.15, 0.2) is 11.5 Å². The number of phenolic OH excluding ortho intramolecular Hbond substituents is 1. The molecule has 1 saturated heterocycles. The number of anilines is 1. The molecule has 0 bridgehead atoms. The van der Waals surface area contributed by atoms with Crippen LogP contribution in [-0.2, 0) is 9.59 Å². The van der Waals surface area contributed by atoms with Crippen LogP contribution in [0.5, 0.6) is 11.5 Å². The van der Waals surface area contributed by atoms with E-state index in [1.54, 1.807) is 19.1 Å². The van der Waals surface area contributed by atoms with Gasteiger partial charge in [0.1, 0.15) is 6.54 Å². The largest absolute Gasteiger partial charge is 0.503 e. The van der Waals surface area contributed by atoms with Gasteiger partial charge in [-0.2, -0.15) is 0 Å². The molecule has 3 rings (SSSR count). The normalized spacial score (nSPS) is 15.0. The third-order valence-electron chi connectivity index (χ3n) is 4.16. The van der Waals surface area contributed by atoms with Crippen molar-refractivity contribution in [2.75, 3.05) is 18.5 Å². The molecule has 1 heterocycles. The summed E-state index contributed by atoms with van der Waals surface area (Å²) in [5.74, 6) is -1.08. The third kappa shape index (κ3) is 4.95. The Morgan fingerprint density at radius 2 is 1.97 bits per heavy atom. The summed E-state index contributed by atoms with van der Waals surface area (Å²) in [6.07, 6.45) is 1.47. The number of phenols is 1. The van der Waals surface area contributed by atoms with E-state index in [4.69, 9.17) is 16.3 Å². The van der Waals surface area contributed by atoms with Crippen molar-refractivity contribution in [3.8, 4) is 11.5 Å². The predicted molar refractivity (Wildman–Crippen MR) is 117 cm³/mol. The average molecular weight is 447 g/mol. The van der Waals surface area contributed by atoms with Crippen molar-refractivity contribution in [1.82, 2.24) is 4.90 Å². The van der Waals surface area contributed by atoms with Gasteiger partial charge in [-0.3, -0.25) is 19.3 Å². The van der Waals surface area contributed by atoms with Gasteiger partial charge in [0.2, 0.25) is 5.91 Å². The van der Waals surface area contributed by atoms with Gasteiger partial charge in [0.05, 0.1) is 16.5 Å². The zero-order chi connectivity index (χ0) is 21.8. The number of imide groups is 1. The van der Waals surface area contributed by atoms with E-state index in [9.17, 15) is 19.5 Å². The highest BCUT2D eigenvalue weighted by molar-refractivity contribution is 8.18. The fourth-order valence-electron chi connectivity index (χ4n) is 2.71. The maximum atomic E-state index is 12.6. The van der Waals surface area contributed by atoms with Crippen LogP contribution in [-0.4, -0.2) is 40.2 Å². The molecule has 9 heteroatoms. The number of hydrogen-bond acceptors (Lipinski definition) is 6. The molecule has 2 aromatic rings. The molecule has 2 aromatic carbocycles. The summed E-state index contributed by atoms with van der Waals surface area (Å²) in [4.78, 5) is 38.2. The Morgan fingerprint density at radius 1 is 1.27 bits per heavy atom. The summed E-state index contributed by atoms with van der Waals surface area (Å²) in [6, 6.07) is 10.1. The molecule has 1 fully saturated rings. The first-order valence-corrected chi connectivity index (χ1v) is 10.2. The van der Waals surface area contributed by atoms with Gasteiger partial charge in [-0.25, -0.2) is 0 Å². The lowest BCUT2D eigenvalue weighted by Crippen LogP contribution is -2.36. The molecule has 0 unspecified atom stereocenters. The summed E-state index contributed by atoms with van der Waals surface area (Å²) in [5.41, 5.74) is 2.11. The minimum absolute atomic E-state index is 0.0592. The molecule has 30 heavy (non-hydrogen) atoms. The Kier molecular flexibility index (Phi) is 6.69. The number of nitrogens with one attached hydrogen (secondary N) is 1. The topological polar surface area (TPSA) is 95.9 Å². The number of amides is 3. The van der Waals surface area contributed by atoms with Gasteiger partial charge in [0.25, 0.3) is 11.1 Å². The van der Waals surface area contributed by atoms with Crippen molar-refractivity contribution in [1.29, 1.82) is 0 Å². The molecule has 0 atom stereocenters. The van der Waals surface area contributed by atoms with Crippen LogP contribution in [0.15, 0.2) is 41.3 Å². The standard InChI is InChI=1S/C21H19ClN2O5S/c1-3-29-16-9-13(8-15(22)19(16)26)10-17-20(27)24(21(28)30-17)11-18(25)23-14-6-4-12(2)5-7-14/h4-10,26H,3,11H2,1-2H3,(H,23,25)/b17-10+. The van der Waals surface area contributed by atoms with Crippen molar-refractivity contribution in [2.45, 2.75) is 13.8 Å². The Balaban J connectivity index is 1.74. The first-order valence-electron chi connectivity index (χ1n) is 9.05. The second kappa shape index (κ2) is 9.23. The highest BCUT2D eigenvalue weighted by Gasteiger charge is 2.36. The second-order valence-electron chi connectivity index (χ2n) is 6.46. The Hall–Kier alpha value is -2.97. The molecule has 2 N–H and O–H groups in total. The number of carbonyl (C=O) groups is 3. The van der Waals surface area contributed by atoms with E-state index in [0.29, 0.717) is 17.9 Å². The third-order valence-corrected chi connectivity index (χ3v) is 5.35. The summed E-state index contributed by atoms with van der Waals surface area (Å²) in [6.45, 7) is 3.61. The fraction of sp³-hybridized carbons (Fsp3) is 0.190. The van der Waals surface area contributed by atoms with Gasteiger partial charge in [0, 0.05) is 5.69 Å². The van der Waals surface area contributed by atoms with Crippen LogP contribution in [0.2, 0.25) is 5.02 Å². The van der Waals surface area contributed by atoms with Gasteiger partial charge < -0.3 is 15.2 Å². The second-order valence-corrected chi connectivity index (χ2v) is 7.86. The summed E-state index contributed by atoms with van der Waals surface area (Å²) in [5, 5.41) is 12.1. The van der Waals surface area contributed by atoms with Crippen molar-refractivity contribution in [3.05, 3.63) is 57.5 Å². The van der Waals surface area contributed by atoms with E-state index < -0.39 is 23.6 Å². The number of rotatable bonds is 6. The molecule has 156 valence electrons. The van der Waals surface area contributed by atoms with Crippen LogP contribution in [0, 0.1) is 6.92 Å². The van der Waals surface area contributed by atoms with Crippen molar-refractivity contribution in [2.24, 2.45) is 0 Å². The molecule has 0 aromatic heterocycles. The van der Waals surface area contributed by atoms with Crippen LogP contribution < -0.4 is 10.1 Å². The van der Waals surface area contributed by atoms with Crippen LogP contribution in [0.25, 0.3) is 6.08 Å². The zero-order valence-electron chi connectivity index (χ0n) is 16.3. The van der Waals surface area contributed by atoms with Gasteiger partial charge in [-0.1, -0.05) is 29.3 Å². The molecule has 0 aliphatic carbocycles. The van der Waals surface area contributed by atoms with Gasteiger partial charge >= 0.3 is 0 Å². The minimum Gasteiger partial charge on any atom is -0.503 e. The number of carbonyl (C=O) groups excluding carboxylic acids is 3. The van der Waals surface area contributed by atoms with Crippen molar-refractivity contribution >= 4 is 52.2 Å². The summed E-state index contributed by atoms with van der Waals surface area (Å²) in [7, 11) is 0. The number of benzene rings is 2. The molecular formula is C21H19ClN2O5S. The molecule has 0 spiro atoms. The average Bonchev–Trinajstić information content (AvgIpc) is 2.95. The van der Waals surface area contributed by atoms with Gasteiger partial charge in [-0.05, 0) is 61.5 Å². The van der Waals surface area contributed by atoms with Gasteiger partial charge in [-0.15, -0.1) is 0 Å². The number of hydrogen-bond donors (Lipinski definition) is 2. The zero-order valence-corrected chi connectivity index (χ0v) is 17.8. The van der Waals surface area contributed by atoms with E-state index in [-0.39, 0.29) is 21.4 Å². The molecule has 3 amide bonds. The summed E-state index contributed by atoms with van der Waals surface area (Å²) >= 11 is 6.74. The SMILES string of the molecule is CCOc1cc(/C=C2/SC(=O)N(CC(=O)Nc3ccc(C)cc3)C2=O)cc(Cl)c1O. The number of aryl methyl sites for hydroxylation is 1. The Labute approximate surface area is 182 Å². The monoisotopic (exact) mass is 446 g/mol. The maximum Gasteiger partial charge on any atom is 0.294 e. The fourth-order valence-corrected chi connectivity index (χ4v) is 3.77. The first-order chi connectivity index (χ1) is 14.3. The minimum atomic E-state index is -0.578. The van der Waals surface area contributed by atoms with Crippen molar-refractivity contribution < 1.29 is 24.2 Å². The number of thioether (sulfide) groups is 1. The lowest BCUT2D eigenvalue weighted by molar-refractivity contribution is -0.127. The van der Waals surface area contributed by atoms with E-state index in [0.717, 1.165) is 22.2 Å². The smallest absolute Gasteiger partial charge is 0.294 e. The first kappa shape index (κ1) is 21.7. The quantitative estimate of drug-likeness (QED) is 0.637. The number of ether oxygens (including phenoxy) is 1. The summed E-state index contributed by atoms with van der Waals surface area (Å²) < 4.78 is 5.32. The highest BCUT2D eigenvalue weighted by Crippen LogP contribution is 2.38. The van der Waals surface area contributed by atoms with Crippen LogP contribution in [0.4, 0.5) is 10.5 Å². The van der Waals surface area contributed by atoms with E-state index in [1.807, 2.05) is 19.1 Å². The lowest BCUT2D eigenvalue weighted by Gasteiger charge is -2.12. The van der Waals surface area contributed by atoms with Crippen LogP contribution in [0.3, 0.4) is 0 Å². The Bertz CT molecular complexity index is 1040. The number of aromatic hydroxyl groups is 1. The van der Waals surface area contributed by atoms with Crippen LogP contribution >= 0.6 is 23.4 Å². The molecule has 7 nitrogen and oxygen atoms in total. The highest BCUT2D eigenvalue weighted by atomic mass is 35.5. The number of nitrogens with zero attached hydrogens (tertiary/aromatic N) is 1. The number of halogens is 1. The predicted octanol–water partition coefficient (Wildman–Crippen LogP) is 4.43. The van der Waals surface area contributed by atoms with Crippen LogP contribution in [0.1, 0.15) is 18.1 Å². The molecule has 1 aliphatic heterocycles. The molecule has 1 aliphatic rings. The van der Waals surface area contributed by atoms with Crippen molar-refractivity contribution in [3.63, 3.8) is 0 Å². The Morgan fingerprint density at radius 3 is 2.63 bits per heavy atom. The molecule has 0 radical (unpaired) electrons. The van der Waals surface area contributed by atoms with E-state index in [2.05, 4.69) is 5.32 Å². The van der Waals surface area contributed by atoms with E-state index in [1.165, 1.54) is 18.2 Å². The maximum absolute atomic E-state index is 12.6. The molecule has 0 saturated carbocycles. The lowest BCUT2D eigenvalue weighted by atomic mass is 10.2. The molecular weight excluding hydrogens is 428 g/mol.